The Kier molecular flexibility index (Phi) is 3.20. The van der Waals surface area contributed by atoms with E-state index < -0.39 is 0 Å². The summed E-state index contributed by atoms with van der Waals surface area (Å²) in [6.07, 6.45) is 0.495. The summed E-state index contributed by atoms with van der Waals surface area (Å²) in [6.45, 7) is 3.85. The van der Waals surface area contributed by atoms with Gasteiger partial charge >= 0.3 is 0 Å². The van der Waals surface area contributed by atoms with Gasteiger partial charge in [-0.1, -0.05) is 28.9 Å². The van der Waals surface area contributed by atoms with Crippen LogP contribution >= 0.6 is 0 Å². The molecule has 0 aliphatic carbocycles. The fourth-order valence-electron chi connectivity index (χ4n) is 1.55. The number of nitrogens with zero attached hydrogens (tertiary/aromatic N) is 3. The summed E-state index contributed by atoms with van der Waals surface area (Å²) in [7, 11) is 0. The molecule has 0 amide bonds. The summed E-state index contributed by atoms with van der Waals surface area (Å²) in [5, 5.41) is 12.6. The number of hydrogen-bond acceptors (Lipinski definition) is 4. The molecule has 2 rings (SSSR count). The predicted octanol–water partition coefficient (Wildman–Crippen LogP) is 2.75. The van der Waals surface area contributed by atoms with Gasteiger partial charge < -0.3 is 4.52 Å². The molecule has 86 valence electrons. The van der Waals surface area contributed by atoms with Gasteiger partial charge in [0.15, 0.2) is 0 Å². The van der Waals surface area contributed by atoms with Crippen LogP contribution in [0.1, 0.15) is 18.4 Å². The number of benzene rings is 1. The molecule has 0 bridgehead atoms. The highest BCUT2D eigenvalue weighted by Gasteiger charge is 2.11. The van der Waals surface area contributed by atoms with Crippen LogP contribution < -0.4 is 0 Å². The Hall–Kier alpha value is -2.15. The molecular weight excluding hydrogens is 214 g/mol. The highest BCUT2D eigenvalue weighted by molar-refractivity contribution is 5.55. The molecule has 0 fully saturated rings. The van der Waals surface area contributed by atoms with E-state index in [4.69, 9.17) is 9.78 Å². The minimum atomic E-state index is -0.110. The van der Waals surface area contributed by atoms with Crippen LogP contribution in [0.4, 0.5) is 0 Å². The molecule has 0 saturated carbocycles. The Morgan fingerprint density at radius 2 is 2.29 bits per heavy atom. The Bertz CT molecular complexity index is 554. The summed E-state index contributed by atoms with van der Waals surface area (Å²) in [5.41, 5.74) is 2.09. The van der Waals surface area contributed by atoms with Crippen molar-refractivity contribution in [1.82, 2.24) is 10.1 Å². The lowest BCUT2D eigenvalue weighted by atomic mass is 10.1. The van der Waals surface area contributed by atoms with Crippen molar-refractivity contribution in [2.24, 2.45) is 5.92 Å². The standard InChI is InChI=1S/C13H13N3O/c1-9-4-3-5-11(6-9)13-15-12(17-16-13)7-10(2)8-14/h3-6,10H,7H2,1-2H3. The minimum Gasteiger partial charge on any atom is -0.339 e. The van der Waals surface area contributed by atoms with E-state index in [1.807, 2.05) is 38.1 Å². The molecule has 0 aliphatic rings. The maximum absolute atomic E-state index is 8.72. The van der Waals surface area contributed by atoms with Gasteiger partial charge in [0.1, 0.15) is 0 Å². The molecule has 2 aromatic rings. The normalized spacial score (nSPS) is 12.1. The van der Waals surface area contributed by atoms with E-state index in [0.717, 1.165) is 11.1 Å². The van der Waals surface area contributed by atoms with Gasteiger partial charge in [-0.3, -0.25) is 0 Å². The Morgan fingerprint density at radius 3 is 3.00 bits per heavy atom. The molecule has 4 nitrogen and oxygen atoms in total. The van der Waals surface area contributed by atoms with Gasteiger partial charge in [0.05, 0.1) is 12.0 Å². The van der Waals surface area contributed by atoms with Crippen LogP contribution in [-0.2, 0) is 6.42 Å². The van der Waals surface area contributed by atoms with Gasteiger partial charge in [-0.05, 0) is 19.9 Å². The first-order valence-corrected chi connectivity index (χ1v) is 5.48. The number of aromatic nitrogens is 2. The van der Waals surface area contributed by atoms with Crippen LogP contribution in [0.5, 0.6) is 0 Å². The molecule has 0 aliphatic heterocycles. The molecule has 1 atom stereocenters. The number of nitriles is 1. The molecule has 1 heterocycles. The van der Waals surface area contributed by atoms with Crippen molar-refractivity contribution in [3.05, 3.63) is 35.7 Å². The van der Waals surface area contributed by atoms with Crippen molar-refractivity contribution in [2.75, 3.05) is 0 Å². The first-order valence-electron chi connectivity index (χ1n) is 5.48. The summed E-state index contributed by atoms with van der Waals surface area (Å²) in [6, 6.07) is 10.1. The van der Waals surface area contributed by atoms with Gasteiger partial charge in [-0.15, -0.1) is 0 Å². The minimum absolute atomic E-state index is 0.110. The van der Waals surface area contributed by atoms with Crippen molar-refractivity contribution in [3.8, 4) is 17.5 Å². The lowest BCUT2D eigenvalue weighted by Crippen LogP contribution is -1.96. The van der Waals surface area contributed by atoms with Crippen molar-refractivity contribution in [2.45, 2.75) is 20.3 Å². The topological polar surface area (TPSA) is 62.7 Å². The van der Waals surface area contributed by atoms with E-state index in [-0.39, 0.29) is 5.92 Å². The van der Waals surface area contributed by atoms with Gasteiger partial charge in [0.2, 0.25) is 11.7 Å². The van der Waals surface area contributed by atoms with E-state index in [2.05, 4.69) is 16.2 Å². The Labute approximate surface area is 99.9 Å². The summed E-state index contributed by atoms with van der Waals surface area (Å²) >= 11 is 0. The smallest absolute Gasteiger partial charge is 0.228 e. The second-order valence-electron chi connectivity index (χ2n) is 4.12. The monoisotopic (exact) mass is 227 g/mol. The zero-order valence-corrected chi connectivity index (χ0v) is 9.84. The molecule has 4 heteroatoms. The zero-order valence-electron chi connectivity index (χ0n) is 9.84. The van der Waals surface area contributed by atoms with E-state index in [0.29, 0.717) is 18.1 Å². The molecule has 0 N–H and O–H groups in total. The van der Waals surface area contributed by atoms with Crippen LogP contribution in [0.15, 0.2) is 28.8 Å². The number of aryl methyl sites for hydroxylation is 1. The summed E-state index contributed by atoms with van der Waals surface area (Å²) < 4.78 is 5.12. The molecule has 0 radical (unpaired) electrons. The molecule has 0 saturated heterocycles. The van der Waals surface area contributed by atoms with Gasteiger partial charge in [-0.25, -0.2) is 0 Å². The molecule has 1 aromatic carbocycles. The lowest BCUT2D eigenvalue weighted by Gasteiger charge is -1.95. The Morgan fingerprint density at radius 1 is 1.47 bits per heavy atom. The fraction of sp³-hybridized carbons (Fsp3) is 0.308. The van der Waals surface area contributed by atoms with Gasteiger partial charge in [0.25, 0.3) is 0 Å². The first kappa shape index (κ1) is 11.3. The first-order chi connectivity index (χ1) is 8.19. The molecule has 1 unspecified atom stereocenters. The number of rotatable bonds is 3. The zero-order chi connectivity index (χ0) is 12.3. The summed E-state index contributed by atoms with van der Waals surface area (Å²) in [4.78, 5) is 4.28. The average Bonchev–Trinajstić information content (AvgIpc) is 2.77. The number of hydrogen-bond donors (Lipinski definition) is 0. The maximum atomic E-state index is 8.72. The molecule has 0 spiro atoms. The second kappa shape index (κ2) is 4.79. The lowest BCUT2D eigenvalue weighted by molar-refractivity contribution is 0.369. The fourth-order valence-corrected chi connectivity index (χ4v) is 1.55. The average molecular weight is 227 g/mol. The van der Waals surface area contributed by atoms with Crippen molar-refractivity contribution in [1.29, 1.82) is 5.26 Å². The van der Waals surface area contributed by atoms with E-state index in [1.54, 1.807) is 0 Å². The molecular formula is C13H13N3O. The van der Waals surface area contributed by atoms with Crippen molar-refractivity contribution < 1.29 is 4.52 Å². The van der Waals surface area contributed by atoms with Crippen LogP contribution in [0.25, 0.3) is 11.4 Å². The van der Waals surface area contributed by atoms with E-state index in [9.17, 15) is 0 Å². The highest BCUT2D eigenvalue weighted by Crippen LogP contribution is 2.17. The van der Waals surface area contributed by atoms with E-state index >= 15 is 0 Å². The van der Waals surface area contributed by atoms with Crippen LogP contribution in [0.3, 0.4) is 0 Å². The maximum Gasteiger partial charge on any atom is 0.228 e. The molecule has 1 aromatic heterocycles. The van der Waals surface area contributed by atoms with Crippen molar-refractivity contribution in [3.63, 3.8) is 0 Å². The second-order valence-corrected chi connectivity index (χ2v) is 4.12. The van der Waals surface area contributed by atoms with Crippen LogP contribution in [0, 0.1) is 24.2 Å². The molecule has 17 heavy (non-hydrogen) atoms. The van der Waals surface area contributed by atoms with Gasteiger partial charge in [0, 0.05) is 12.0 Å². The van der Waals surface area contributed by atoms with Crippen LogP contribution in [-0.4, -0.2) is 10.1 Å². The third kappa shape index (κ3) is 2.70. The summed E-state index contributed by atoms with van der Waals surface area (Å²) in [5.74, 6) is 0.977. The van der Waals surface area contributed by atoms with Gasteiger partial charge in [-0.2, -0.15) is 10.2 Å². The van der Waals surface area contributed by atoms with E-state index in [1.165, 1.54) is 0 Å². The third-order valence-electron chi connectivity index (χ3n) is 2.45. The third-order valence-corrected chi connectivity index (χ3v) is 2.45. The highest BCUT2D eigenvalue weighted by atomic mass is 16.5. The predicted molar refractivity (Wildman–Crippen MR) is 63.0 cm³/mol. The SMILES string of the molecule is Cc1cccc(-c2noc(CC(C)C#N)n2)c1. The largest absolute Gasteiger partial charge is 0.339 e. The van der Waals surface area contributed by atoms with Crippen molar-refractivity contribution >= 4 is 0 Å². The van der Waals surface area contributed by atoms with Crippen LogP contribution in [0.2, 0.25) is 0 Å². The Balaban J connectivity index is 2.21. The quantitative estimate of drug-likeness (QED) is 0.808.